The maximum absolute atomic E-state index is 13.2. The number of rotatable bonds is 10. The van der Waals surface area contributed by atoms with Crippen molar-refractivity contribution in [3.8, 4) is 11.1 Å². The highest BCUT2D eigenvalue weighted by atomic mass is 16.3. The molecule has 0 bridgehead atoms. The molecular weight excluding hydrogens is 504 g/mol. The summed E-state index contributed by atoms with van der Waals surface area (Å²) in [5, 5.41) is 20.2. The molecule has 1 atom stereocenters. The minimum absolute atomic E-state index is 0.0465. The van der Waals surface area contributed by atoms with Crippen LogP contribution in [0.2, 0.25) is 0 Å². The summed E-state index contributed by atoms with van der Waals surface area (Å²) in [4.78, 5) is 34.7. The first-order valence-corrected chi connectivity index (χ1v) is 12.7. The Hall–Kier alpha value is -5.24. The quantitative estimate of drug-likeness (QED) is 0.0852. The zero-order valence-electron chi connectivity index (χ0n) is 21.9. The number of nitrogens with two attached hydrogens (primary N) is 1. The van der Waals surface area contributed by atoms with E-state index in [1.54, 1.807) is 24.3 Å². The third kappa shape index (κ3) is 8.95. The zero-order chi connectivity index (χ0) is 28.7. The molecule has 0 fully saturated rings. The SMILES string of the molecule is N=C(N)c1ccc(NC(=O)C(CCc2ccccc2)C(=O)NCc2ccc(-c3ccccc3)cc2)cc1.O=CO. The molecule has 4 aromatic rings. The Kier molecular flexibility index (Phi) is 11.2. The van der Waals surface area contributed by atoms with E-state index in [2.05, 4.69) is 22.8 Å². The van der Waals surface area contributed by atoms with Crippen LogP contribution < -0.4 is 16.4 Å². The molecule has 4 aromatic carbocycles. The lowest BCUT2D eigenvalue weighted by atomic mass is 9.97. The topological polar surface area (TPSA) is 145 Å². The van der Waals surface area contributed by atoms with Gasteiger partial charge in [0.2, 0.25) is 11.8 Å². The number of carbonyl (C=O) groups excluding carboxylic acids is 2. The molecule has 0 aromatic heterocycles. The molecule has 0 heterocycles. The summed E-state index contributed by atoms with van der Waals surface area (Å²) in [6.45, 7) is 0.0797. The van der Waals surface area contributed by atoms with Crippen LogP contribution in [0.3, 0.4) is 0 Å². The van der Waals surface area contributed by atoms with Gasteiger partial charge in [-0.05, 0) is 59.4 Å². The second-order valence-corrected chi connectivity index (χ2v) is 8.94. The van der Waals surface area contributed by atoms with Gasteiger partial charge < -0.3 is 21.5 Å². The lowest BCUT2D eigenvalue weighted by Gasteiger charge is -2.17. The highest BCUT2D eigenvalue weighted by Gasteiger charge is 2.26. The van der Waals surface area contributed by atoms with Crippen LogP contribution >= 0.6 is 0 Å². The van der Waals surface area contributed by atoms with Crippen LogP contribution in [0.1, 0.15) is 23.1 Å². The van der Waals surface area contributed by atoms with Crippen LogP contribution in [0, 0.1) is 11.3 Å². The van der Waals surface area contributed by atoms with Crippen molar-refractivity contribution in [3.05, 3.63) is 126 Å². The van der Waals surface area contributed by atoms with Gasteiger partial charge in [-0.2, -0.15) is 0 Å². The van der Waals surface area contributed by atoms with Crippen LogP contribution in [0.5, 0.6) is 0 Å². The predicted octanol–water partition coefficient (Wildman–Crippen LogP) is 4.84. The molecule has 0 aliphatic carbocycles. The second-order valence-electron chi connectivity index (χ2n) is 8.94. The van der Waals surface area contributed by atoms with E-state index in [1.165, 1.54) is 0 Å². The molecule has 0 aliphatic rings. The fourth-order valence-corrected chi connectivity index (χ4v) is 4.06. The van der Waals surface area contributed by atoms with Crippen LogP contribution in [-0.4, -0.2) is 29.2 Å². The fraction of sp³-hybridized carbons (Fsp3) is 0.125. The minimum Gasteiger partial charge on any atom is -0.483 e. The molecule has 1 unspecified atom stereocenters. The van der Waals surface area contributed by atoms with Gasteiger partial charge in [-0.1, -0.05) is 84.9 Å². The van der Waals surface area contributed by atoms with E-state index in [0.717, 1.165) is 22.3 Å². The lowest BCUT2D eigenvalue weighted by molar-refractivity contribution is -0.133. The number of amides is 2. The monoisotopic (exact) mass is 536 g/mol. The molecule has 40 heavy (non-hydrogen) atoms. The molecule has 8 heteroatoms. The van der Waals surface area contributed by atoms with Crippen LogP contribution in [0.15, 0.2) is 109 Å². The van der Waals surface area contributed by atoms with Crippen molar-refractivity contribution in [2.75, 3.05) is 5.32 Å². The van der Waals surface area contributed by atoms with Gasteiger partial charge in [0, 0.05) is 17.8 Å². The standard InChI is InChI=1S/C31H30N4O2.CH2O2/c32-29(33)26-16-18-27(19-17-26)35-31(37)28(20-13-22-7-3-1-4-8-22)30(36)34-21-23-11-14-25(15-12-23)24-9-5-2-6-10-24;2-1-3/h1-12,14-19,28H,13,20-21H2,(H3,32,33)(H,34,36)(H,35,37);1H,(H,2,3). The molecule has 204 valence electrons. The number of hydrogen-bond acceptors (Lipinski definition) is 4. The molecule has 8 nitrogen and oxygen atoms in total. The van der Waals surface area contributed by atoms with Crippen molar-refractivity contribution < 1.29 is 19.5 Å². The number of nitrogens with one attached hydrogen (secondary N) is 3. The van der Waals surface area contributed by atoms with Crippen molar-refractivity contribution in [2.45, 2.75) is 19.4 Å². The van der Waals surface area contributed by atoms with Gasteiger partial charge in [0.1, 0.15) is 11.8 Å². The Morgan fingerprint density at radius 1 is 0.775 bits per heavy atom. The summed E-state index contributed by atoms with van der Waals surface area (Å²) in [6.07, 6.45) is 0.974. The number of benzene rings is 4. The van der Waals surface area contributed by atoms with Crippen molar-refractivity contribution in [3.63, 3.8) is 0 Å². The summed E-state index contributed by atoms with van der Waals surface area (Å²) in [5.41, 5.74) is 10.9. The van der Waals surface area contributed by atoms with E-state index in [1.807, 2.05) is 72.8 Å². The van der Waals surface area contributed by atoms with Gasteiger partial charge in [0.05, 0.1) is 0 Å². The Morgan fingerprint density at radius 2 is 1.32 bits per heavy atom. The van der Waals surface area contributed by atoms with Crippen LogP contribution in [0.25, 0.3) is 11.1 Å². The van der Waals surface area contributed by atoms with E-state index >= 15 is 0 Å². The number of nitrogen functional groups attached to an aromatic ring is 1. The third-order valence-corrected chi connectivity index (χ3v) is 6.19. The first-order chi connectivity index (χ1) is 19.4. The molecule has 0 saturated heterocycles. The minimum atomic E-state index is -0.865. The van der Waals surface area contributed by atoms with E-state index in [9.17, 15) is 9.59 Å². The average Bonchev–Trinajstić information content (AvgIpc) is 2.98. The smallest absolute Gasteiger partial charge is 0.290 e. The number of carbonyl (C=O) groups is 3. The first-order valence-electron chi connectivity index (χ1n) is 12.7. The third-order valence-electron chi connectivity index (χ3n) is 6.19. The average molecular weight is 537 g/mol. The summed E-state index contributed by atoms with van der Waals surface area (Å²) in [7, 11) is 0. The number of hydrogen-bond donors (Lipinski definition) is 5. The van der Waals surface area contributed by atoms with E-state index in [4.69, 9.17) is 21.0 Å². The Labute approximate surface area is 233 Å². The molecule has 0 spiro atoms. The van der Waals surface area contributed by atoms with Gasteiger partial charge in [-0.15, -0.1) is 0 Å². The molecule has 6 N–H and O–H groups in total. The maximum Gasteiger partial charge on any atom is 0.290 e. The molecule has 2 amide bonds. The highest BCUT2D eigenvalue weighted by Crippen LogP contribution is 2.20. The van der Waals surface area contributed by atoms with E-state index in [0.29, 0.717) is 30.6 Å². The normalized spacial score (nSPS) is 10.8. The van der Waals surface area contributed by atoms with Crippen molar-refractivity contribution in [1.29, 1.82) is 5.41 Å². The predicted molar refractivity (Wildman–Crippen MR) is 157 cm³/mol. The Morgan fingerprint density at radius 3 is 1.90 bits per heavy atom. The summed E-state index contributed by atoms with van der Waals surface area (Å²) in [6, 6.07) is 34.6. The van der Waals surface area contributed by atoms with Gasteiger partial charge in [-0.3, -0.25) is 19.8 Å². The largest absolute Gasteiger partial charge is 0.483 e. The Balaban J connectivity index is 0.00000141. The van der Waals surface area contributed by atoms with Gasteiger partial charge >= 0.3 is 0 Å². The Bertz CT molecular complexity index is 1390. The summed E-state index contributed by atoms with van der Waals surface area (Å²) < 4.78 is 0. The van der Waals surface area contributed by atoms with E-state index in [-0.39, 0.29) is 24.1 Å². The first kappa shape index (κ1) is 29.3. The second kappa shape index (κ2) is 15.2. The highest BCUT2D eigenvalue weighted by molar-refractivity contribution is 6.06. The number of aryl methyl sites for hydroxylation is 1. The van der Waals surface area contributed by atoms with Crippen LogP contribution in [0.4, 0.5) is 5.69 Å². The number of carboxylic acid groups (broad SMARTS) is 1. The molecule has 0 saturated carbocycles. The van der Waals surface area contributed by atoms with Crippen molar-refractivity contribution in [2.24, 2.45) is 11.7 Å². The molecular formula is C32H32N4O4. The number of amidine groups is 1. The van der Waals surface area contributed by atoms with Gasteiger partial charge in [-0.25, -0.2) is 0 Å². The molecule has 0 radical (unpaired) electrons. The zero-order valence-corrected chi connectivity index (χ0v) is 21.9. The lowest BCUT2D eigenvalue weighted by Crippen LogP contribution is -2.38. The maximum atomic E-state index is 13.2. The van der Waals surface area contributed by atoms with Crippen LogP contribution in [-0.2, 0) is 27.3 Å². The van der Waals surface area contributed by atoms with Crippen molar-refractivity contribution >= 4 is 29.8 Å². The molecule has 4 rings (SSSR count). The summed E-state index contributed by atoms with van der Waals surface area (Å²) in [5.74, 6) is -1.60. The van der Waals surface area contributed by atoms with Gasteiger partial charge in [0.15, 0.2) is 0 Å². The van der Waals surface area contributed by atoms with E-state index < -0.39 is 5.92 Å². The number of anilines is 1. The summed E-state index contributed by atoms with van der Waals surface area (Å²) >= 11 is 0. The fourth-order valence-electron chi connectivity index (χ4n) is 4.06. The van der Waals surface area contributed by atoms with Crippen molar-refractivity contribution in [1.82, 2.24) is 5.32 Å². The van der Waals surface area contributed by atoms with Gasteiger partial charge in [0.25, 0.3) is 6.47 Å². The molecule has 0 aliphatic heterocycles.